The monoisotopic (exact) mass is 389 g/mol. The third kappa shape index (κ3) is 4.56. The second kappa shape index (κ2) is 8.25. The first-order valence-electron chi connectivity index (χ1n) is 8.01. The minimum Gasteiger partial charge on any atom is -0.479 e. The van der Waals surface area contributed by atoms with Crippen molar-refractivity contribution in [2.24, 2.45) is 0 Å². The molecule has 0 aliphatic carbocycles. The fourth-order valence-electron chi connectivity index (χ4n) is 2.40. The minimum atomic E-state index is -0.730. The summed E-state index contributed by atoms with van der Waals surface area (Å²) in [4.78, 5) is 12.5. The fraction of sp³-hybridized carbons (Fsp3) is 0.158. The van der Waals surface area contributed by atoms with Crippen LogP contribution in [0.15, 0.2) is 60.9 Å². The topological polar surface area (TPSA) is 56.1 Å². The quantitative estimate of drug-likeness (QED) is 0.667. The third-order valence-corrected chi connectivity index (χ3v) is 4.26. The van der Waals surface area contributed by atoms with Crippen LogP contribution < -0.4 is 10.1 Å². The lowest BCUT2D eigenvalue weighted by atomic mass is 10.1. The molecule has 5 nitrogen and oxygen atoms in total. The molecule has 26 heavy (non-hydrogen) atoms. The Kier molecular flexibility index (Phi) is 5.81. The van der Waals surface area contributed by atoms with Crippen molar-refractivity contribution in [2.45, 2.75) is 19.6 Å². The van der Waals surface area contributed by atoms with E-state index in [-0.39, 0.29) is 5.91 Å². The van der Waals surface area contributed by atoms with Crippen LogP contribution in [0.5, 0.6) is 5.75 Å². The van der Waals surface area contributed by atoms with E-state index in [2.05, 4.69) is 10.4 Å². The van der Waals surface area contributed by atoms with E-state index in [4.69, 9.17) is 27.9 Å². The first-order valence-corrected chi connectivity index (χ1v) is 8.76. The number of ether oxygens (including phenoxy) is 1. The molecule has 0 aliphatic heterocycles. The molecule has 1 aromatic heterocycles. The van der Waals surface area contributed by atoms with E-state index in [0.717, 1.165) is 5.56 Å². The maximum absolute atomic E-state index is 12.5. The zero-order chi connectivity index (χ0) is 18.5. The number of rotatable bonds is 6. The molecule has 0 aliphatic rings. The van der Waals surface area contributed by atoms with E-state index in [9.17, 15) is 4.79 Å². The van der Waals surface area contributed by atoms with Gasteiger partial charge in [-0.1, -0.05) is 41.4 Å². The van der Waals surface area contributed by atoms with Gasteiger partial charge in [0.2, 0.25) is 0 Å². The molecule has 7 heteroatoms. The predicted molar refractivity (Wildman–Crippen MR) is 103 cm³/mol. The second-order valence-electron chi connectivity index (χ2n) is 5.68. The Bertz CT molecular complexity index is 898. The van der Waals surface area contributed by atoms with Gasteiger partial charge in [0.1, 0.15) is 5.75 Å². The molecule has 3 aromatic rings. The maximum Gasteiger partial charge on any atom is 0.265 e. The van der Waals surface area contributed by atoms with Crippen LogP contribution in [0.3, 0.4) is 0 Å². The highest BCUT2D eigenvalue weighted by molar-refractivity contribution is 6.35. The fourth-order valence-corrected chi connectivity index (χ4v) is 2.85. The van der Waals surface area contributed by atoms with Gasteiger partial charge in [-0.25, -0.2) is 0 Å². The van der Waals surface area contributed by atoms with E-state index in [1.807, 2.05) is 36.5 Å². The smallest absolute Gasteiger partial charge is 0.265 e. The lowest BCUT2D eigenvalue weighted by Crippen LogP contribution is -2.30. The Morgan fingerprint density at radius 1 is 1.23 bits per heavy atom. The number of nitrogens with one attached hydrogen (secondary N) is 1. The highest BCUT2D eigenvalue weighted by Gasteiger charge is 2.17. The number of halogens is 2. The van der Waals surface area contributed by atoms with Crippen molar-refractivity contribution in [1.82, 2.24) is 9.78 Å². The first-order chi connectivity index (χ1) is 12.5. The van der Waals surface area contributed by atoms with Gasteiger partial charge >= 0.3 is 0 Å². The number of benzene rings is 2. The summed E-state index contributed by atoms with van der Waals surface area (Å²) in [5.41, 5.74) is 1.66. The SMILES string of the molecule is C[C@@H](Oc1ccc(Cl)cc1Cl)C(=O)Nc1ccccc1Cn1cccn1. The summed E-state index contributed by atoms with van der Waals surface area (Å²) in [6.07, 6.45) is 2.85. The summed E-state index contributed by atoms with van der Waals surface area (Å²) in [5.74, 6) is 0.132. The Morgan fingerprint density at radius 3 is 2.77 bits per heavy atom. The van der Waals surface area contributed by atoms with Crippen LogP contribution in [0, 0.1) is 0 Å². The lowest BCUT2D eigenvalue weighted by Gasteiger charge is -2.17. The molecular formula is C19H17Cl2N3O2. The normalized spacial score (nSPS) is 11.8. The molecule has 0 unspecified atom stereocenters. The van der Waals surface area contributed by atoms with Gasteiger partial charge in [-0.15, -0.1) is 0 Å². The summed E-state index contributed by atoms with van der Waals surface area (Å²) in [6.45, 7) is 2.22. The third-order valence-electron chi connectivity index (χ3n) is 3.73. The van der Waals surface area contributed by atoms with Gasteiger partial charge in [-0.3, -0.25) is 9.48 Å². The summed E-state index contributed by atoms with van der Waals surface area (Å²) >= 11 is 12.0. The van der Waals surface area contributed by atoms with Crippen molar-refractivity contribution in [3.63, 3.8) is 0 Å². The molecule has 1 N–H and O–H groups in total. The number of carbonyl (C=O) groups is 1. The van der Waals surface area contributed by atoms with Crippen molar-refractivity contribution in [3.8, 4) is 5.75 Å². The number of para-hydroxylation sites is 1. The minimum absolute atomic E-state index is 0.274. The van der Waals surface area contributed by atoms with Crippen LogP contribution in [0.4, 0.5) is 5.69 Å². The van der Waals surface area contributed by atoms with Gasteiger partial charge in [0.25, 0.3) is 5.91 Å². The summed E-state index contributed by atoms with van der Waals surface area (Å²) < 4.78 is 7.45. The van der Waals surface area contributed by atoms with E-state index in [0.29, 0.717) is 28.0 Å². The molecule has 2 aromatic carbocycles. The number of hydrogen-bond donors (Lipinski definition) is 1. The molecule has 0 fully saturated rings. The first kappa shape index (κ1) is 18.3. The molecular weight excluding hydrogens is 373 g/mol. The standard InChI is InChI=1S/C19H17Cl2N3O2/c1-13(26-18-8-7-15(20)11-16(18)21)19(25)23-17-6-3-2-5-14(17)12-24-10-4-9-22-24/h2-11,13H,12H2,1H3,(H,23,25)/t13-/m1/s1. The van der Waals surface area contributed by atoms with Gasteiger partial charge in [-0.05, 0) is 42.8 Å². The van der Waals surface area contributed by atoms with Gasteiger partial charge < -0.3 is 10.1 Å². The van der Waals surface area contributed by atoms with Crippen LogP contribution in [0.2, 0.25) is 10.0 Å². The van der Waals surface area contributed by atoms with E-state index < -0.39 is 6.10 Å². The number of anilines is 1. The van der Waals surface area contributed by atoms with Crippen molar-refractivity contribution in [3.05, 3.63) is 76.5 Å². The Labute approximate surface area is 161 Å². The number of aromatic nitrogens is 2. The molecule has 1 atom stereocenters. The molecule has 0 radical (unpaired) electrons. The van der Waals surface area contributed by atoms with Crippen molar-refractivity contribution >= 4 is 34.8 Å². The Hall–Kier alpha value is -2.50. The average Bonchev–Trinajstić information content (AvgIpc) is 3.12. The van der Waals surface area contributed by atoms with Gasteiger partial charge in [0, 0.05) is 23.1 Å². The van der Waals surface area contributed by atoms with E-state index in [1.165, 1.54) is 0 Å². The van der Waals surface area contributed by atoms with Gasteiger partial charge in [0.05, 0.1) is 11.6 Å². The predicted octanol–water partition coefficient (Wildman–Crippen LogP) is 4.64. The summed E-state index contributed by atoms with van der Waals surface area (Å²) in [7, 11) is 0. The van der Waals surface area contributed by atoms with Gasteiger partial charge in [0.15, 0.2) is 6.10 Å². The maximum atomic E-state index is 12.5. The van der Waals surface area contributed by atoms with E-state index >= 15 is 0 Å². The van der Waals surface area contributed by atoms with Crippen molar-refractivity contribution in [2.75, 3.05) is 5.32 Å². The number of carbonyl (C=O) groups excluding carboxylic acids is 1. The molecule has 0 bridgehead atoms. The van der Waals surface area contributed by atoms with Crippen molar-refractivity contribution in [1.29, 1.82) is 0 Å². The van der Waals surface area contributed by atoms with Crippen LogP contribution >= 0.6 is 23.2 Å². The number of hydrogen-bond acceptors (Lipinski definition) is 3. The molecule has 0 saturated heterocycles. The number of amides is 1. The molecule has 0 spiro atoms. The molecule has 1 heterocycles. The van der Waals surface area contributed by atoms with Crippen LogP contribution in [-0.4, -0.2) is 21.8 Å². The zero-order valence-electron chi connectivity index (χ0n) is 14.0. The molecule has 1 amide bonds. The zero-order valence-corrected chi connectivity index (χ0v) is 15.5. The van der Waals surface area contributed by atoms with E-state index in [1.54, 1.807) is 36.0 Å². The highest BCUT2D eigenvalue weighted by atomic mass is 35.5. The average molecular weight is 390 g/mol. The van der Waals surface area contributed by atoms with Gasteiger partial charge in [-0.2, -0.15) is 5.10 Å². The van der Waals surface area contributed by atoms with Crippen LogP contribution in [0.1, 0.15) is 12.5 Å². The van der Waals surface area contributed by atoms with Crippen LogP contribution in [0.25, 0.3) is 0 Å². The molecule has 3 rings (SSSR count). The second-order valence-corrected chi connectivity index (χ2v) is 6.53. The van der Waals surface area contributed by atoms with Crippen molar-refractivity contribution < 1.29 is 9.53 Å². The highest BCUT2D eigenvalue weighted by Crippen LogP contribution is 2.28. The van der Waals surface area contributed by atoms with Crippen LogP contribution in [-0.2, 0) is 11.3 Å². The molecule has 134 valence electrons. The largest absolute Gasteiger partial charge is 0.479 e. The summed E-state index contributed by atoms with van der Waals surface area (Å²) in [6, 6.07) is 14.3. The Balaban J connectivity index is 1.69. The molecule has 0 saturated carbocycles. The summed E-state index contributed by atoms with van der Waals surface area (Å²) in [5, 5.41) is 7.96. The number of nitrogens with zero attached hydrogens (tertiary/aromatic N) is 2. The Morgan fingerprint density at radius 2 is 2.04 bits per heavy atom. The lowest BCUT2D eigenvalue weighted by molar-refractivity contribution is -0.122.